The van der Waals surface area contributed by atoms with Crippen molar-refractivity contribution in [2.45, 2.75) is 13.3 Å². The molecule has 1 amide bonds. The van der Waals surface area contributed by atoms with Crippen molar-refractivity contribution >= 4 is 23.2 Å². The number of carbonyl (C=O) groups is 1. The first-order valence-corrected chi connectivity index (χ1v) is 7.59. The molecule has 0 aliphatic carbocycles. The Hall–Kier alpha value is -2.27. The van der Waals surface area contributed by atoms with Crippen LogP contribution in [0.4, 0.5) is 10.1 Å². The average Bonchev–Trinajstić information content (AvgIpc) is 2.76. The molecule has 23 heavy (non-hydrogen) atoms. The van der Waals surface area contributed by atoms with Crippen molar-refractivity contribution in [1.29, 1.82) is 0 Å². The highest BCUT2D eigenvalue weighted by atomic mass is 35.5. The molecule has 0 saturated carbocycles. The highest BCUT2D eigenvalue weighted by Crippen LogP contribution is 2.38. The van der Waals surface area contributed by atoms with Crippen LogP contribution >= 0.6 is 11.6 Å². The van der Waals surface area contributed by atoms with Gasteiger partial charge in [0.1, 0.15) is 5.82 Å². The third kappa shape index (κ3) is 3.40. The molecule has 1 aliphatic heterocycles. The molecule has 3 rings (SSSR count). The number of rotatable bonds is 2. The van der Waals surface area contributed by atoms with Crippen LogP contribution in [-0.4, -0.2) is 19.1 Å². The summed E-state index contributed by atoms with van der Waals surface area (Å²) >= 11 is 6.18. The van der Waals surface area contributed by atoms with Crippen LogP contribution in [0.15, 0.2) is 30.3 Å². The topological polar surface area (TPSA) is 47.6 Å². The molecule has 0 fully saturated rings. The van der Waals surface area contributed by atoms with Crippen LogP contribution in [0.3, 0.4) is 0 Å². The van der Waals surface area contributed by atoms with Gasteiger partial charge in [-0.25, -0.2) is 4.39 Å². The largest absolute Gasteiger partial charge is 0.489 e. The van der Waals surface area contributed by atoms with Gasteiger partial charge in [0, 0.05) is 17.7 Å². The van der Waals surface area contributed by atoms with E-state index in [4.69, 9.17) is 21.1 Å². The molecule has 2 aromatic rings. The Kier molecular flexibility index (Phi) is 4.39. The minimum atomic E-state index is -0.414. The molecular weight excluding hydrogens is 321 g/mol. The number of benzene rings is 2. The van der Waals surface area contributed by atoms with E-state index in [9.17, 15) is 9.18 Å². The molecule has 0 atom stereocenters. The minimum Gasteiger partial charge on any atom is -0.489 e. The average molecular weight is 336 g/mol. The first kappa shape index (κ1) is 15.6. The van der Waals surface area contributed by atoms with E-state index in [0.29, 0.717) is 41.0 Å². The van der Waals surface area contributed by atoms with Crippen molar-refractivity contribution in [1.82, 2.24) is 0 Å². The zero-order valence-electron chi connectivity index (χ0n) is 12.5. The number of amides is 1. The van der Waals surface area contributed by atoms with Gasteiger partial charge in [0.15, 0.2) is 11.5 Å². The quantitative estimate of drug-likeness (QED) is 0.894. The normalized spacial score (nSPS) is 13.3. The van der Waals surface area contributed by atoms with E-state index < -0.39 is 11.7 Å². The zero-order chi connectivity index (χ0) is 16.4. The van der Waals surface area contributed by atoms with Crippen molar-refractivity contribution in [2.75, 3.05) is 18.5 Å². The van der Waals surface area contributed by atoms with E-state index in [1.54, 1.807) is 19.1 Å². The monoisotopic (exact) mass is 335 g/mol. The molecule has 4 nitrogen and oxygen atoms in total. The number of carbonyl (C=O) groups excluding carboxylic acids is 1. The fourth-order valence-electron chi connectivity index (χ4n) is 2.29. The van der Waals surface area contributed by atoms with Gasteiger partial charge in [-0.05, 0) is 36.8 Å². The predicted octanol–water partition coefficient (Wildman–Crippen LogP) is 4.20. The summed E-state index contributed by atoms with van der Waals surface area (Å²) in [6, 6.07) is 7.31. The maximum absolute atomic E-state index is 13.3. The van der Waals surface area contributed by atoms with Crippen molar-refractivity contribution in [3.8, 4) is 11.5 Å². The van der Waals surface area contributed by atoms with Gasteiger partial charge >= 0.3 is 0 Å². The molecule has 0 unspecified atom stereocenters. The van der Waals surface area contributed by atoms with Gasteiger partial charge in [-0.15, -0.1) is 0 Å². The highest BCUT2D eigenvalue weighted by molar-refractivity contribution is 6.32. The number of aryl methyl sites for hydroxylation is 1. The molecule has 6 heteroatoms. The Morgan fingerprint density at radius 1 is 1.22 bits per heavy atom. The SMILES string of the molecule is Cc1ccc(F)cc1NC(=O)c1cc(Cl)c2c(c1)OCCCO2. The van der Waals surface area contributed by atoms with E-state index in [1.165, 1.54) is 18.2 Å². The van der Waals surface area contributed by atoms with E-state index in [1.807, 2.05) is 0 Å². The van der Waals surface area contributed by atoms with Crippen LogP contribution in [0.2, 0.25) is 5.02 Å². The summed E-state index contributed by atoms with van der Waals surface area (Å²) in [6.07, 6.45) is 0.745. The second kappa shape index (κ2) is 6.46. The van der Waals surface area contributed by atoms with Gasteiger partial charge in [-0.1, -0.05) is 17.7 Å². The van der Waals surface area contributed by atoms with Crippen molar-refractivity contribution in [3.05, 3.63) is 52.3 Å². The van der Waals surface area contributed by atoms with Gasteiger partial charge in [-0.2, -0.15) is 0 Å². The molecule has 0 aromatic heterocycles. The molecule has 0 saturated heterocycles. The Labute approximate surface area is 138 Å². The van der Waals surface area contributed by atoms with Gasteiger partial charge in [-0.3, -0.25) is 4.79 Å². The molecule has 0 bridgehead atoms. The van der Waals surface area contributed by atoms with Gasteiger partial charge < -0.3 is 14.8 Å². The lowest BCUT2D eigenvalue weighted by molar-refractivity contribution is 0.102. The molecule has 1 N–H and O–H groups in total. The van der Waals surface area contributed by atoms with Crippen LogP contribution in [0.25, 0.3) is 0 Å². The number of ether oxygens (including phenoxy) is 2. The molecule has 1 aliphatic rings. The summed E-state index contributed by atoms with van der Waals surface area (Å²) in [4.78, 5) is 12.4. The van der Waals surface area contributed by atoms with Gasteiger partial charge in [0.05, 0.1) is 18.2 Å². The molecule has 0 radical (unpaired) electrons. The Morgan fingerprint density at radius 3 is 2.83 bits per heavy atom. The molecule has 0 spiro atoms. The lowest BCUT2D eigenvalue weighted by Gasteiger charge is -2.12. The van der Waals surface area contributed by atoms with Crippen molar-refractivity contribution in [3.63, 3.8) is 0 Å². The summed E-state index contributed by atoms with van der Waals surface area (Å²) in [5.74, 6) is 0.0811. The van der Waals surface area contributed by atoms with E-state index in [-0.39, 0.29) is 0 Å². The number of halogens is 2. The standard InChI is InChI=1S/C17H15ClFNO3/c1-10-3-4-12(19)9-14(10)20-17(21)11-7-13(18)16-15(8-11)22-5-2-6-23-16/h3-4,7-9H,2,5-6H2,1H3,(H,20,21). The van der Waals surface area contributed by atoms with E-state index in [2.05, 4.69) is 5.32 Å². The van der Waals surface area contributed by atoms with Crippen LogP contribution in [0.5, 0.6) is 11.5 Å². The Bertz CT molecular complexity index is 764. The molecule has 2 aromatic carbocycles. The van der Waals surface area contributed by atoms with E-state index in [0.717, 1.165) is 12.0 Å². The van der Waals surface area contributed by atoms with Crippen molar-refractivity contribution < 1.29 is 18.7 Å². The van der Waals surface area contributed by atoms with Gasteiger partial charge in [0.2, 0.25) is 0 Å². The Balaban J connectivity index is 1.89. The Morgan fingerprint density at radius 2 is 2.00 bits per heavy atom. The number of nitrogens with one attached hydrogen (secondary N) is 1. The second-order valence-electron chi connectivity index (χ2n) is 5.25. The first-order valence-electron chi connectivity index (χ1n) is 7.21. The number of fused-ring (bicyclic) bond motifs is 1. The van der Waals surface area contributed by atoms with Crippen LogP contribution in [0.1, 0.15) is 22.3 Å². The van der Waals surface area contributed by atoms with Crippen LogP contribution in [0, 0.1) is 12.7 Å². The summed E-state index contributed by atoms with van der Waals surface area (Å²) in [5.41, 5.74) is 1.50. The maximum Gasteiger partial charge on any atom is 0.255 e. The zero-order valence-corrected chi connectivity index (χ0v) is 13.2. The van der Waals surface area contributed by atoms with Gasteiger partial charge in [0.25, 0.3) is 5.91 Å². The maximum atomic E-state index is 13.3. The number of hydrogen-bond acceptors (Lipinski definition) is 3. The van der Waals surface area contributed by atoms with Crippen LogP contribution < -0.4 is 14.8 Å². The number of hydrogen-bond donors (Lipinski definition) is 1. The molecular formula is C17H15ClFNO3. The molecule has 120 valence electrons. The highest BCUT2D eigenvalue weighted by Gasteiger charge is 2.19. The molecule has 1 heterocycles. The van der Waals surface area contributed by atoms with Crippen LogP contribution in [-0.2, 0) is 0 Å². The fraction of sp³-hybridized carbons (Fsp3) is 0.235. The van der Waals surface area contributed by atoms with E-state index >= 15 is 0 Å². The number of anilines is 1. The van der Waals surface area contributed by atoms with Crippen molar-refractivity contribution in [2.24, 2.45) is 0 Å². The second-order valence-corrected chi connectivity index (χ2v) is 5.66. The summed E-state index contributed by atoms with van der Waals surface area (Å²) in [7, 11) is 0. The summed E-state index contributed by atoms with van der Waals surface area (Å²) in [6.45, 7) is 2.80. The lowest BCUT2D eigenvalue weighted by Crippen LogP contribution is -2.13. The third-order valence-corrected chi connectivity index (χ3v) is 3.79. The summed E-state index contributed by atoms with van der Waals surface area (Å²) in [5, 5.41) is 2.99. The fourth-order valence-corrected chi connectivity index (χ4v) is 2.55. The lowest BCUT2D eigenvalue weighted by atomic mass is 10.1. The summed E-state index contributed by atoms with van der Waals surface area (Å²) < 4.78 is 24.4. The first-order chi connectivity index (χ1) is 11.0. The third-order valence-electron chi connectivity index (χ3n) is 3.51. The smallest absolute Gasteiger partial charge is 0.255 e. The minimum absolute atomic E-state index is 0.311. The predicted molar refractivity (Wildman–Crippen MR) is 86.1 cm³/mol.